The van der Waals surface area contributed by atoms with Crippen LogP contribution < -0.4 is 9.80 Å². The second kappa shape index (κ2) is 7.06. The predicted molar refractivity (Wildman–Crippen MR) is 104 cm³/mol. The summed E-state index contributed by atoms with van der Waals surface area (Å²) in [5.41, 5.74) is 2.74. The molecule has 0 bridgehead atoms. The largest absolute Gasteiger partial charge is 0.356 e. The van der Waals surface area contributed by atoms with E-state index in [4.69, 9.17) is 0 Å². The molecule has 0 spiro atoms. The Labute approximate surface area is 155 Å². The van der Waals surface area contributed by atoms with Crippen LogP contribution in [0.1, 0.15) is 54.5 Å². The molecule has 0 N–H and O–H groups in total. The van der Waals surface area contributed by atoms with Crippen LogP contribution >= 0.6 is 0 Å². The Hall–Kier alpha value is -2.43. The number of anilines is 2. The third kappa shape index (κ3) is 3.18. The second-order valence-electron chi connectivity index (χ2n) is 7.42. The van der Waals surface area contributed by atoms with Crippen molar-refractivity contribution in [3.63, 3.8) is 0 Å². The molecule has 1 aromatic heterocycles. The molecule has 0 saturated carbocycles. The summed E-state index contributed by atoms with van der Waals surface area (Å²) in [6.45, 7) is 5.99. The maximum Gasteiger partial charge on any atom is 0.277 e. The first-order valence-corrected chi connectivity index (χ1v) is 9.65. The van der Waals surface area contributed by atoms with Crippen LogP contribution in [0.25, 0.3) is 0 Å². The molecule has 2 aliphatic rings. The number of rotatable bonds is 2. The zero-order valence-electron chi connectivity index (χ0n) is 15.6. The Morgan fingerprint density at radius 1 is 1.08 bits per heavy atom. The molecule has 4 rings (SSSR count). The van der Waals surface area contributed by atoms with Crippen molar-refractivity contribution in [1.29, 1.82) is 0 Å². The highest BCUT2D eigenvalue weighted by atomic mass is 16.2. The number of amides is 1. The van der Waals surface area contributed by atoms with Gasteiger partial charge in [-0.25, -0.2) is 9.97 Å². The van der Waals surface area contributed by atoms with Crippen LogP contribution in [0.5, 0.6) is 0 Å². The van der Waals surface area contributed by atoms with Crippen molar-refractivity contribution in [2.75, 3.05) is 22.9 Å². The van der Waals surface area contributed by atoms with Gasteiger partial charge in [-0.1, -0.05) is 31.0 Å². The summed E-state index contributed by atoms with van der Waals surface area (Å²) in [5.74, 6) is 1.53. The molecule has 1 saturated heterocycles. The number of para-hydroxylation sites is 1. The molecule has 0 radical (unpaired) electrons. The Morgan fingerprint density at radius 2 is 1.81 bits per heavy atom. The quantitative estimate of drug-likeness (QED) is 0.827. The van der Waals surface area contributed by atoms with Crippen molar-refractivity contribution in [3.05, 3.63) is 47.4 Å². The first-order chi connectivity index (χ1) is 12.6. The number of aryl methyl sites for hydroxylation is 1. The molecule has 3 heterocycles. The Kier molecular flexibility index (Phi) is 4.62. The van der Waals surface area contributed by atoms with E-state index >= 15 is 0 Å². The summed E-state index contributed by atoms with van der Waals surface area (Å²) in [5, 5.41) is 0. The standard InChI is InChI=1S/C21H26N4O/c1-15-13-17-9-5-6-10-19(17)25(15)21(26)18-14-20(23-16(2)22-18)24-11-7-3-4-8-12-24/h5-6,9-10,14-15H,3-4,7-8,11-13H2,1-2H3. The summed E-state index contributed by atoms with van der Waals surface area (Å²) in [6.07, 6.45) is 5.81. The second-order valence-corrected chi connectivity index (χ2v) is 7.42. The summed E-state index contributed by atoms with van der Waals surface area (Å²) >= 11 is 0. The molecule has 0 aliphatic carbocycles. The third-order valence-electron chi connectivity index (χ3n) is 5.40. The van der Waals surface area contributed by atoms with Crippen molar-refractivity contribution in [2.45, 2.75) is 52.0 Å². The zero-order chi connectivity index (χ0) is 18.1. The average Bonchev–Trinajstić information content (AvgIpc) is 2.81. The third-order valence-corrected chi connectivity index (χ3v) is 5.40. The van der Waals surface area contributed by atoms with Gasteiger partial charge in [0.2, 0.25) is 0 Å². The summed E-state index contributed by atoms with van der Waals surface area (Å²) in [7, 11) is 0. The molecule has 1 unspecified atom stereocenters. The van der Waals surface area contributed by atoms with E-state index in [0.717, 1.165) is 31.0 Å². The lowest BCUT2D eigenvalue weighted by Gasteiger charge is -2.25. The lowest BCUT2D eigenvalue weighted by atomic mass is 10.1. The lowest BCUT2D eigenvalue weighted by molar-refractivity contribution is 0.0976. The smallest absolute Gasteiger partial charge is 0.277 e. The molecule has 1 amide bonds. The van der Waals surface area contributed by atoms with Gasteiger partial charge < -0.3 is 9.80 Å². The van der Waals surface area contributed by atoms with E-state index in [1.165, 1.54) is 31.2 Å². The number of carbonyl (C=O) groups excluding carboxylic acids is 1. The number of hydrogen-bond acceptors (Lipinski definition) is 4. The van der Waals surface area contributed by atoms with Crippen molar-refractivity contribution < 1.29 is 4.79 Å². The first kappa shape index (κ1) is 17.0. The number of hydrogen-bond donors (Lipinski definition) is 0. The van der Waals surface area contributed by atoms with Crippen LogP contribution in [0.15, 0.2) is 30.3 Å². The van der Waals surface area contributed by atoms with Crippen LogP contribution in [0, 0.1) is 6.92 Å². The van der Waals surface area contributed by atoms with Gasteiger partial charge in [-0.15, -0.1) is 0 Å². The topological polar surface area (TPSA) is 49.3 Å². The van der Waals surface area contributed by atoms with E-state index in [1.807, 2.05) is 36.1 Å². The van der Waals surface area contributed by atoms with Crippen LogP contribution in [0.4, 0.5) is 11.5 Å². The molecule has 1 fully saturated rings. The SMILES string of the molecule is Cc1nc(C(=O)N2c3ccccc3CC2C)cc(N2CCCCCC2)n1. The molecule has 5 nitrogen and oxygen atoms in total. The van der Waals surface area contributed by atoms with E-state index in [1.54, 1.807) is 0 Å². The number of benzene rings is 1. The van der Waals surface area contributed by atoms with Crippen LogP contribution in [-0.2, 0) is 6.42 Å². The summed E-state index contributed by atoms with van der Waals surface area (Å²) < 4.78 is 0. The van der Waals surface area contributed by atoms with Gasteiger partial charge in [-0.2, -0.15) is 0 Å². The summed E-state index contributed by atoms with van der Waals surface area (Å²) in [4.78, 5) is 26.6. The number of carbonyl (C=O) groups is 1. The van der Waals surface area contributed by atoms with Crippen molar-refractivity contribution >= 4 is 17.4 Å². The monoisotopic (exact) mass is 350 g/mol. The number of aromatic nitrogens is 2. The molecule has 136 valence electrons. The fourth-order valence-electron chi connectivity index (χ4n) is 4.12. The van der Waals surface area contributed by atoms with Gasteiger partial charge in [-0.3, -0.25) is 4.79 Å². The van der Waals surface area contributed by atoms with E-state index in [9.17, 15) is 4.79 Å². The molecule has 2 aromatic rings. The molecule has 1 aromatic carbocycles. The van der Waals surface area contributed by atoms with Crippen molar-refractivity contribution in [1.82, 2.24) is 9.97 Å². The van der Waals surface area contributed by atoms with E-state index in [-0.39, 0.29) is 11.9 Å². The predicted octanol–water partition coefficient (Wildman–Crippen LogP) is 3.76. The minimum absolute atomic E-state index is 0.0241. The molecular formula is C21H26N4O. The molecular weight excluding hydrogens is 324 g/mol. The summed E-state index contributed by atoms with van der Waals surface area (Å²) in [6, 6.07) is 10.2. The Morgan fingerprint density at radius 3 is 2.58 bits per heavy atom. The van der Waals surface area contributed by atoms with Gasteiger partial charge >= 0.3 is 0 Å². The lowest BCUT2D eigenvalue weighted by Crippen LogP contribution is -2.36. The minimum Gasteiger partial charge on any atom is -0.356 e. The van der Waals surface area contributed by atoms with Gasteiger partial charge in [0.25, 0.3) is 5.91 Å². The van der Waals surface area contributed by atoms with E-state index in [0.29, 0.717) is 11.5 Å². The fraction of sp³-hybridized carbons (Fsp3) is 0.476. The van der Waals surface area contributed by atoms with Crippen LogP contribution in [0.2, 0.25) is 0 Å². The van der Waals surface area contributed by atoms with Gasteiger partial charge in [0, 0.05) is 30.9 Å². The Balaban J connectivity index is 1.66. The first-order valence-electron chi connectivity index (χ1n) is 9.65. The van der Waals surface area contributed by atoms with Gasteiger partial charge in [0.1, 0.15) is 17.3 Å². The minimum atomic E-state index is -0.0241. The molecule has 26 heavy (non-hydrogen) atoms. The van der Waals surface area contributed by atoms with Crippen molar-refractivity contribution in [2.24, 2.45) is 0 Å². The molecule has 2 aliphatic heterocycles. The van der Waals surface area contributed by atoms with Crippen LogP contribution in [0.3, 0.4) is 0 Å². The maximum absolute atomic E-state index is 13.3. The van der Waals surface area contributed by atoms with Crippen molar-refractivity contribution in [3.8, 4) is 0 Å². The van der Waals surface area contributed by atoms with Gasteiger partial charge in [0.15, 0.2) is 0 Å². The highest BCUT2D eigenvalue weighted by molar-refractivity contribution is 6.06. The average molecular weight is 350 g/mol. The van der Waals surface area contributed by atoms with E-state index in [2.05, 4.69) is 27.9 Å². The molecule has 5 heteroatoms. The van der Waals surface area contributed by atoms with Crippen LogP contribution in [-0.4, -0.2) is 35.0 Å². The van der Waals surface area contributed by atoms with Gasteiger partial charge in [0.05, 0.1) is 0 Å². The van der Waals surface area contributed by atoms with Gasteiger partial charge in [-0.05, 0) is 44.7 Å². The fourth-order valence-corrected chi connectivity index (χ4v) is 4.12. The molecule has 1 atom stereocenters. The highest BCUT2D eigenvalue weighted by Crippen LogP contribution is 2.33. The number of fused-ring (bicyclic) bond motifs is 1. The maximum atomic E-state index is 13.3. The zero-order valence-corrected chi connectivity index (χ0v) is 15.6. The number of nitrogens with zero attached hydrogens (tertiary/aromatic N) is 4. The highest BCUT2D eigenvalue weighted by Gasteiger charge is 2.32. The Bertz CT molecular complexity index is 811. The van der Waals surface area contributed by atoms with E-state index < -0.39 is 0 Å². The normalized spacial score (nSPS) is 20.0.